The van der Waals surface area contributed by atoms with Gasteiger partial charge in [-0.05, 0) is 68.9 Å². The fraction of sp³-hybridized carbons (Fsp3) is 0.385. The van der Waals surface area contributed by atoms with Gasteiger partial charge < -0.3 is 19.6 Å². The van der Waals surface area contributed by atoms with E-state index in [0.717, 1.165) is 13.1 Å². The number of carbonyl (C=O) groups is 2. The number of hydrogen-bond acceptors (Lipinski definition) is 5. The lowest BCUT2D eigenvalue weighted by molar-refractivity contribution is -0.140. The fourth-order valence-corrected chi connectivity index (χ4v) is 4.24. The standard InChI is InChI=1S/C26H31ClN2O4/c1-5-28(6-2)14-15-29-23(19-8-7-9-20(27)16-19)22(25(31)26(29)32)24(30)18-10-12-21(13-11-18)33-17(3)4/h7-13,16-17,23,30H,5-6,14-15H2,1-4H3. The Bertz CT molecular complexity index is 1030. The number of aliphatic hydroxyl groups excluding tert-OH is 1. The molecule has 1 amide bonds. The molecule has 1 N–H and O–H groups in total. The number of likely N-dealkylation sites (N-methyl/N-ethyl adjacent to an activating group) is 1. The van der Waals surface area contributed by atoms with Crippen LogP contribution in [0.1, 0.15) is 44.9 Å². The van der Waals surface area contributed by atoms with Gasteiger partial charge in [0.2, 0.25) is 0 Å². The molecule has 1 fully saturated rings. The Labute approximate surface area is 200 Å². The quantitative estimate of drug-likeness (QED) is 0.321. The van der Waals surface area contributed by atoms with Crippen LogP contribution in [-0.4, -0.2) is 58.9 Å². The van der Waals surface area contributed by atoms with Gasteiger partial charge in [-0.3, -0.25) is 9.59 Å². The minimum atomic E-state index is -0.717. The highest BCUT2D eigenvalue weighted by molar-refractivity contribution is 6.46. The lowest BCUT2D eigenvalue weighted by Gasteiger charge is -2.28. The summed E-state index contributed by atoms with van der Waals surface area (Å²) in [5, 5.41) is 11.7. The molecule has 1 aliphatic heterocycles. The predicted molar refractivity (Wildman–Crippen MR) is 130 cm³/mol. The van der Waals surface area contributed by atoms with E-state index in [2.05, 4.69) is 18.7 Å². The van der Waals surface area contributed by atoms with Crippen LogP contribution < -0.4 is 4.74 Å². The smallest absolute Gasteiger partial charge is 0.295 e. The second-order valence-corrected chi connectivity index (χ2v) is 8.70. The Morgan fingerprint density at radius 1 is 1.12 bits per heavy atom. The monoisotopic (exact) mass is 470 g/mol. The highest BCUT2D eigenvalue weighted by atomic mass is 35.5. The van der Waals surface area contributed by atoms with Crippen molar-refractivity contribution in [2.45, 2.75) is 39.8 Å². The van der Waals surface area contributed by atoms with E-state index in [-0.39, 0.29) is 17.4 Å². The number of benzene rings is 2. The maximum atomic E-state index is 13.1. The average Bonchev–Trinajstić information content (AvgIpc) is 3.04. The zero-order valence-corrected chi connectivity index (χ0v) is 20.3. The summed E-state index contributed by atoms with van der Waals surface area (Å²) in [6.07, 6.45) is 0.0170. The molecule has 1 aliphatic rings. The van der Waals surface area contributed by atoms with Gasteiger partial charge in [-0.1, -0.05) is 37.6 Å². The van der Waals surface area contributed by atoms with Crippen LogP contribution in [0.4, 0.5) is 0 Å². The summed E-state index contributed by atoms with van der Waals surface area (Å²) in [6.45, 7) is 10.6. The second kappa shape index (κ2) is 10.9. The Hall–Kier alpha value is -2.83. The summed E-state index contributed by atoms with van der Waals surface area (Å²) < 4.78 is 5.66. The number of amides is 1. The van der Waals surface area contributed by atoms with Crippen molar-refractivity contribution in [3.8, 4) is 5.75 Å². The molecule has 0 aliphatic carbocycles. The maximum absolute atomic E-state index is 13.1. The van der Waals surface area contributed by atoms with Crippen molar-refractivity contribution < 1.29 is 19.4 Å². The molecule has 1 saturated heterocycles. The van der Waals surface area contributed by atoms with Crippen molar-refractivity contribution in [3.05, 3.63) is 70.3 Å². The molecule has 6 nitrogen and oxygen atoms in total. The summed E-state index contributed by atoms with van der Waals surface area (Å²) in [6, 6.07) is 13.2. The number of likely N-dealkylation sites (tertiary alicyclic amines) is 1. The minimum absolute atomic E-state index is 0.0170. The molecule has 176 valence electrons. The Kier molecular flexibility index (Phi) is 8.16. The molecule has 2 aromatic carbocycles. The molecular formula is C26H31ClN2O4. The summed E-state index contributed by atoms with van der Waals surface area (Å²) in [5.41, 5.74) is 1.20. The molecule has 7 heteroatoms. The number of carbonyl (C=O) groups excluding carboxylic acids is 2. The molecule has 1 unspecified atom stereocenters. The van der Waals surface area contributed by atoms with Crippen molar-refractivity contribution in [2.24, 2.45) is 0 Å². The van der Waals surface area contributed by atoms with Crippen LogP contribution in [0.15, 0.2) is 54.1 Å². The van der Waals surface area contributed by atoms with Gasteiger partial charge in [0.25, 0.3) is 11.7 Å². The zero-order valence-electron chi connectivity index (χ0n) is 19.5. The van der Waals surface area contributed by atoms with Crippen LogP contribution >= 0.6 is 11.6 Å². The van der Waals surface area contributed by atoms with E-state index in [1.165, 1.54) is 4.90 Å². The van der Waals surface area contributed by atoms with Crippen LogP contribution in [0, 0.1) is 0 Å². The van der Waals surface area contributed by atoms with Gasteiger partial charge in [0.15, 0.2) is 0 Å². The Morgan fingerprint density at radius 3 is 2.36 bits per heavy atom. The summed E-state index contributed by atoms with van der Waals surface area (Å²) in [7, 11) is 0. The van der Waals surface area contributed by atoms with Crippen molar-refractivity contribution in [2.75, 3.05) is 26.2 Å². The maximum Gasteiger partial charge on any atom is 0.295 e. The minimum Gasteiger partial charge on any atom is -0.507 e. The van der Waals surface area contributed by atoms with Gasteiger partial charge in [0, 0.05) is 23.7 Å². The highest BCUT2D eigenvalue weighted by Gasteiger charge is 2.46. The predicted octanol–water partition coefficient (Wildman–Crippen LogP) is 4.89. The number of Topliss-reactive ketones (excluding diaryl/α,β-unsaturated/α-hetero) is 1. The highest BCUT2D eigenvalue weighted by Crippen LogP contribution is 2.40. The van der Waals surface area contributed by atoms with E-state index in [4.69, 9.17) is 16.3 Å². The van der Waals surface area contributed by atoms with Crippen LogP contribution in [0.3, 0.4) is 0 Å². The molecule has 0 saturated carbocycles. The van der Waals surface area contributed by atoms with Crippen molar-refractivity contribution in [1.29, 1.82) is 0 Å². The van der Waals surface area contributed by atoms with Gasteiger partial charge in [-0.25, -0.2) is 0 Å². The number of aliphatic hydroxyl groups is 1. The molecular weight excluding hydrogens is 440 g/mol. The number of hydrogen-bond donors (Lipinski definition) is 1. The molecule has 0 spiro atoms. The molecule has 0 radical (unpaired) electrons. The van der Waals surface area contributed by atoms with Crippen molar-refractivity contribution in [3.63, 3.8) is 0 Å². The normalized spacial score (nSPS) is 17.9. The number of rotatable bonds is 9. The van der Waals surface area contributed by atoms with Crippen LogP contribution in [-0.2, 0) is 9.59 Å². The van der Waals surface area contributed by atoms with Gasteiger partial charge in [-0.15, -0.1) is 0 Å². The molecule has 3 rings (SSSR count). The second-order valence-electron chi connectivity index (χ2n) is 8.27. The third-order valence-electron chi connectivity index (χ3n) is 5.76. The van der Waals surface area contributed by atoms with Crippen LogP contribution in [0.2, 0.25) is 5.02 Å². The van der Waals surface area contributed by atoms with Crippen LogP contribution in [0.25, 0.3) is 5.76 Å². The molecule has 2 aromatic rings. The first kappa shape index (κ1) is 24.8. The van der Waals surface area contributed by atoms with E-state index in [1.54, 1.807) is 42.5 Å². The first-order chi connectivity index (χ1) is 15.8. The van der Waals surface area contributed by atoms with E-state index in [0.29, 0.717) is 35.0 Å². The largest absolute Gasteiger partial charge is 0.507 e. The number of halogens is 1. The topological polar surface area (TPSA) is 70.1 Å². The average molecular weight is 471 g/mol. The molecule has 0 aromatic heterocycles. The number of nitrogens with zero attached hydrogens (tertiary/aromatic N) is 2. The molecule has 33 heavy (non-hydrogen) atoms. The lowest BCUT2D eigenvalue weighted by atomic mass is 9.95. The van der Waals surface area contributed by atoms with Gasteiger partial charge in [0.05, 0.1) is 17.7 Å². The Morgan fingerprint density at radius 2 is 1.79 bits per heavy atom. The van der Waals surface area contributed by atoms with E-state index < -0.39 is 17.7 Å². The third kappa shape index (κ3) is 5.57. The summed E-state index contributed by atoms with van der Waals surface area (Å²) in [5.74, 6) is -0.861. The molecule has 1 heterocycles. The lowest BCUT2D eigenvalue weighted by Crippen LogP contribution is -2.38. The number of ketones is 1. The van der Waals surface area contributed by atoms with Crippen molar-refractivity contribution in [1.82, 2.24) is 9.80 Å². The SMILES string of the molecule is CCN(CC)CCN1C(=O)C(=O)C(=C(O)c2ccc(OC(C)C)cc2)C1c1cccc(Cl)c1. The zero-order chi connectivity index (χ0) is 24.1. The van der Waals surface area contributed by atoms with E-state index in [1.807, 2.05) is 19.9 Å². The van der Waals surface area contributed by atoms with Crippen molar-refractivity contribution >= 4 is 29.1 Å². The summed E-state index contributed by atoms with van der Waals surface area (Å²) in [4.78, 5) is 29.9. The summed E-state index contributed by atoms with van der Waals surface area (Å²) >= 11 is 6.23. The van der Waals surface area contributed by atoms with E-state index >= 15 is 0 Å². The first-order valence-corrected chi connectivity index (χ1v) is 11.7. The van der Waals surface area contributed by atoms with Crippen LogP contribution in [0.5, 0.6) is 5.75 Å². The van der Waals surface area contributed by atoms with Gasteiger partial charge in [-0.2, -0.15) is 0 Å². The first-order valence-electron chi connectivity index (χ1n) is 11.3. The van der Waals surface area contributed by atoms with E-state index in [9.17, 15) is 14.7 Å². The number of ether oxygens (including phenoxy) is 1. The van der Waals surface area contributed by atoms with Gasteiger partial charge in [0.1, 0.15) is 11.5 Å². The van der Waals surface area contributed by atoms with Gasteiger partial charge >= 0.3 is 0 Å². The fourth-order valence-electron chi connectivity index (χ4n) is 4.04. The Balaban J connectivity index is 2.05. The third-order valence-corrected chi connectivity index (χ3v) is 5.99. The molecule has 0 bridgehead atoms. The molecule has 1 atom stereocenters.